The molecule has 0 radical (unpaired) electrons. The molecule has 8 heteroatoms. The third-order valence-electron chi connectivity index (χ3n) is 5.48. The van der Waals surface area contributed by atoms with Gasteiger partial charge in [-0.25, -0.2) is 8.42 Å². The Hall–Kier alpha value is -1.48. The molecule has 2 N–H and O–H groups in total. The molecule has 3 rings (SSSR count). The summed E-state index contributed by atoms with van der Waals surface area (Å²) in [6, 6.07) is 6.57. The van der Waals surface area contributed by atoms with Crippen LogP contribution in [0.1, 0.15) is 32.1 Å². The normalized spacial score (nSPS) is 19.9. The Morgan fingerprint density at radius 3 is 2.41 bits per heavy atom. The lowest BCUT2D eigenvalue weighted by Gasteiger charge is -2.30. The minimum atomic E-state index is -3.50. The molecule has 0 aromatic heterocycles. The highest BCUT2D eigenvalue weighted by Crippen LogP contribution is 2.26. The maximum atomic E-state index is 12.9. The fourth-order valence-electron chi connectivity index (χ4n) is 3.79. The van der Waals surface area contributed by atoms with Gasteiger partial charge in [-0.15, -0.1) is 0 Å². The Balaban J connectivity index is 1.59. The SMILES string of the molecule is CN(C1CCCCC1)S(=O)(=O)c1ccc(NC(=O)CN2CCNCC2)cc1. The van der Waals surface area contributed by atoms with Crippen molar-refractivity contribution in [2.45, 2.75) is 43.0 Å². The molecule has 0 spiro atoms. The fraction of sp³-hybridized carbons (Fsp3) is 0.632. The first-order chi connectivity index (χ1) is 13.0. The molecule has 1 aromatic rings. The van der Waals surface area contributed by atoms with E-state index in [-0.39, 0.29) is 16.8 Å². The Bertz CT molecular complexity index is 724. The second-order valence-corrected chi connectivity index (χ2v) is 9.41. The van der Waals surface area contributed by atoms with Crippen LogP contribution in [-0.4, -0.2) is 69.3 Å². The van der Waals surface area contributed by atoms with Gasteiger partial charge in [0.05, 0.1) is 11.4 Å². The van der Waals surface area contributed by atoms with Crippen LogP contribution < -0.4 is 10.6 Å². The highest BCUT2D eigenvalue weighted by atomic mass is 32.2. The minimum absolute atomic E-state index is 0.0770. The van der Waals surface area contributed by atoms with Crippen molar-refractivity contribution < 1.29 is 13.2 Å². The van der Waals surface area contributed by atoms with Crippen LogP contribution in [-0.2, 0) is 14.8 Å². The van der Waals surface area contributed by atoms with Crippen LogP contribution in [0, 0.1) is 0 Å². The number of amides is 1. The molecule has 1 aliphatic heterocycles. The number of carbonyl (C=O) groups excluding carboxylic acids is 1. The van der Waals surface area contributed by atoms with E-state index >= 15 is 0 Å². The van der Waals surface area contributed by atoms with E-state index in [0.29, 0.717) is 12.2 Å². The van der Waals surface area contributed by atoms with Crippen molar-refractivity contribution in [3.8, 4) is 0 Å². The lowest BCUT2D eigenvalue weighted by atomic mass is 9.96. The fourth-order valence-corrected chi connectivity index (χ4v) is 5.21. The van der Waals surface area contributed by atoms with Gasteiger partial charge in [-0.2, -0.15) is 4.31 Å². The maximum absolute atomic E-state index is 12.9. The molecule has 1 heterocycles. The number of nitrogens with one attached hydrogen (secondary N) is 2. The molecule has 1 amide bonds. The van der Waals surface area contributed by atoms with Crippen molar-refractivity contribution in [2.24, 2.45) is 0 Å². The molecular formula is C19H30N4O3S. The summed E-state index contributed by atoms with van der Waals surface area (Å²) in [5.74, 6) is -0.0770. The average Bonchev–Trinajstić information content (AvgIpc) is 2.69. The highest BCUT2D eigenvalue weighted by molar-refractivity contribution is 7.89. The van der Waals surface area contributed by atoms with Crippen LogP contribution in [0.3, 0.4) is 0 Å². The summed E-state index contributed by atoms with van der Waals surface area (Å²) in [6.45, 7) is 3.87. The molecule has 2 fully saturated rings. The monoisotopic (exact) mass is 394 g/mol. The Labute approximate surface area is 162 Å². The number of carbonyl (C=O) groups is 1. The Morgan fingerprint density at radius 1 is 1.15 bits per heavy atom. The second-order valence-electron chi connectivity index (χ2n) is 7.41. The molecule has 7 nitrogen and oxygen atoms in total. The summed E-state index contributed by atoms with van der Waals surface area (Å²) in [5, 5.41) is 6.11. The van der Waals surface area contributed by atoms with E-state index < -0.39 is 10.0 Å². The van der Waals surface area contributed by atoms with Crippen molar-refractivity contribution in [3.05, 3.63) is 24.3 Å². The highest BCUT2D eigenvalue weighted by Gasteiger charge is 2.29. The number of piperazine rings is 1. The molecule has 2 aliphatic rings. The first kappa shape index (κ1) is 20.3. The molecule has 0 unspecified atom stereocenters. The van der Waals surface area contributed by atoms with Gasteiger partial charge < -0.3 is 10.6 Å². The standard InChI is InChI=1S/C19H30N4O3S/c1-22(17-5-3-2-4-6-17)27(25,26)18-9-7-16(8-10-18)21-19(24)15-23-13-11-20-12-14-23/h7-10,17,20H,2-6,11-15H2,1H3,(H,21,24). The van der Waals surface area contributed by atoms with Gasteiger partial charge in [-0.3, -0.25) is 9.69 Å². The van der Waals surface area contributed by atoms with Crippen molar-refractivity contribution in [3.63, 3.8) is 0 Å². The van der Waals surface area contributed by atoms with Crippen LogP contribution >= 0.6 is 0 Å². The summed E-state index contributed by atoms with van der Waals surface area (Å²) in [7, 11) is -1.83. The number of rotatable bonds is 6. The Kier molecular flexibility index (Phi) is 6.86. The number of hydrogen-bond acceptors (Lipinski definition) is 5. The van der Waals surface area contributed by atoms with E-state index in [9.17, 15) is 13.2 Å². The zero-order valence-corrected chi connectivity index (χ0v) is 16.8. The van der Waals surface area contributed by atoms with Gasteiger partial charge in [0.1, 0.15) is 0 Å². The minimum Gasteiger partial charge on any atom is -0.325 e. The van der Waals surface area contributed by atoms with Gasteiger partial charge in [0.15, 0.2) is 0 Å². The number of benzene rings is 1. The first-order valence-electron chi connectivity index (χ1n) is 9.78. The van der Waals surface area contributed by atoms with Crippen LogP contribution in [0.5, 0.6) is 0 Å². The van der Waals surface area contributed by atoms with Gasteiger partial charge >= 0.3 is 0 Å². The number of sulfonamides is 1. The summed E-state index contributed by atoms with van der Waals surface area (Å²) < 4.78 is 27.2. The number of hydrogen-bond donors (Lipinski definition) is 2. The van der Waals surface area contributed by atoms with E-state index in [1.807, 2.05) is 0 Å². The molecule has 1 aromatic carbocycles. The molecule has 1 saturated carbocycles. The summed E-state index contributed by atoms with van der Waals surface area (Å²) in [5.41, 5.74) is 0.620. The molecule has 150 valence electrons. The van der Waals surface area contributed by atoms with Crippen LogP contribution in [0.15, 0.2) is 29.2 Å². The van der Waals surface area contributed by atoms with Crippen LogP contribution in [0.2, 0.25) is 0 Å². The zero-order chi connectivity index (χ0) is 19.3. The van der Waals surface area contributed by atoms with Crippen molar-refractivity contribution in [1.82, 2.24) is 14.5 Å². The Morgan fingerprint density at radius 2 is 1.78 bits per heavy atom. The third kappa shape index (κ3) is 5.28. The number of anilines is 1. The lowest BCUT2D eigenvalue weighted by Crippen LogP contribution is -2.46. The smallest absolute Gasteiger partial charge is 0.243 e. The molecule has 0 atom stereocenters. The second kappa shape index (κ2) is 9.14. The topological polar surface area (TPSA) is 81.8 Å². The first-order valence-corrected chi connectivity index (χ1v) is 11.2. The zero-order valence-electron chi connectivity index (χ0n) is 16.0. The van der Waals surface area contributed by atoms with Crippen molar-refractivity contribution >= 4 is 21.6 Å². The van der Waals surface area contributed by atoms with E-state index in [2.05, 4.69) is 15.5 Å². The van der Waals surface area contributed by atoms with E-state index in [0.717, 1.165) is 51.9 Å². The molecule has 1 saturated heterocycles. The van der Waals surface area contributed by atoms with Crippen molar-refractivity contribution in [1.29, 1.82) is 0 Å². The van der Waals surface area contributed by atoms with Gasteiger partial charge in [-0.1, -0.05) is 19.3 Å². The molecule has 27 heavy (non-hydrogen) atoms. The maximum Gasteiger partial charge on any atom is 0.243 e. The quantitative estimate of drug-likeness (QED) is 0.764. The molecular weight excluding hydrogens is 364 g/mol. The van der Waals surface area contributed by atoms with Crippen molar-refractivity contribution in [2.75, 3.05) is 45.1 Å². The predicted octanol–water partition coefficient (Wildman–Crippen LogP) is 1.48. The summed E-state index contributed by atoms with van der Waals surface area (Å²) in [4.78, 5) is 14.6. The predicted molar refractivity (Wildman–Crippen MR) is 106 cm³/mol. The summed E-state index contributed by atoms with van der Waals surface area (Å²) in [6.07, 6.45) is 5.21. The van der Waals surface area contributed by atoms with E-state index in [1.165, 1.54) is 10.7 Å². The van der Waals surface area contributed by atoms with Gasteiger partial charge in [0, 0.05) is 45.0 Å². The molecule has 1 aliphatic carbocycles. The largest absolute Gasteiger partial charge is 0.325 e. The van der Waals surface area contributed by atoms with Gasteiger partial charge in [-0.05, 0) is 37.1 Å². The van der Waals surface area contributed by atoms with Crippen LogP contribution in [0.25, 0.3) is 0 Å². The lowest BCUT2D eigenvalue weighted by molar-refractivity contribution is -0.117. The van der Waals surface area contributed by atoms with E-state index in [4.69, 9.17) is 0 Å². The third-order valence-corrected chi connectivity index (χ3v) is 7.41. The van der Waals surface area contributed by atoms with Gasteiger partial charge in [0.25, 0.3) is 0 Å². The average molecular weight is 395 g/mol. The molecule has 0 bridgehead atoms. The summed E-state index contributed by atoms with van der Waals surface area (Å²) >= 11 is 0. The van der Waals surface area contributed by atoms with Gasteiger partial charge in [0.2, 0.25) is 15.9 Å². The number of nitrogens with zero attached hydrogens (tertiary/aromatic N) is 2. The van der Waals surface area contributed by atoms with Crippen LogP contribution in [0.4, 0.5) is 5.69 Å². The van der Waals surface area contributed by atoms with E-state index in [1.54, 1.807) is 31.3 Å².